The molecule has 0 bridgehead atoms. The van der Waals surface area contributed by atoms with Gasteiger partial charge in [-0.3, -0.25) is 9.59 Å². The molecule has 0 saturated heterocycles. The molecular weight excluding hydrogens is 326 g/mol. The monoisotopic (exact) mass is 347 g/mol. The van der Waals surface area contributed by atoms with Crippen molar-refractivity contribution in [1.82, 2.24) is 25.1 Å². The molecule has 1 amide bonds. The Morgan fingerprint density at radius 3 is 2.75 bits per heavy atom. The van der Waals surface area contributed by atoms with Gasteiger partial charge in [0.1, 0.15) is 6.54 Å². The fraction of sp³-hybridized carbons (Fsp3) is 0.562. The molecule has 0 saturated carbocycles. The minimum Gasteiger partial charge on any atom is -0.338 e. The van der Waals surface area contributed by atoms with E-state index in [0.29, 0.717) is 17.2 Å². The van der Waals surface area contributed by atoms with Gasteiger partial charge in [-0.1, -0.05) is 20.8 Å². The second-order valence-corrected chi connectivity index (χ2v) is 8.22. The number of carbonyl (C=O) groups excluding carboxylic acids is 2. The predicted octanol–water partition coefficient (Wildman–Crippen LogP) is 1.82. The van der Waals surface area contributed by atoms with E-state index in [4.69, 9.17) is 0 Å². The summed E-state index contributed by atoms with van der Waals surface area (Å²) < 4.78 is 1.57. The zero-order valence-electron chi connectivity index (χ0n) is 14.4. The molecule has 24 heavy (non-hydrogen) atoms. The summed E-state index contributed by atoms with van der Waals surface area (Å²) in [5.41, 5.74) is 0.859. The van der Waals surface area contributed by atoms with E-state index >= 15 is 0 Å². The normalized spacial score (nSPS) is 14.6. The Labute approximate surface area is 144 Å². The van der Waals surface area contributed by atoms with Gasteiger partial charge in [0.15, 0.2) is 11.6 Å². The number of Topliss-reactive ketones (excluding diaryl/α,β-unsaturated/α-hetero) is 1. The highest BCUT2D eigenvalue weighted by Gasteiger charge is 2.26. The van der Waals surface area contributed by atoms with E-state index in [-0.39, 0.29) is 23.7 Å². The van der Waals surface area contributed by atoms with Gasteiger partial charge in [-0.05, 0) is 28.5 Å². The summed E-state index contributed by atoms with van der Waals surface area (Å²) in [6.07, 6.45) is 0.810. The molecular formula is C16H21N5O2S. The molecule has 2 aromatic rings. The number of aromatic nitrogens is 4. The van der Waals surface area contributed by atoms with Crippen molar-refractivity contribution in [3.63, 3.8) is 0 Å². The van der Waals surface area contributed by atoms with Crippen LogP contribution in [0.25, 0.3) is 0 Å². The average Bonchev–Trinajstić information content (AvgIpc) is 3.11. The summed E-state index contributed by atoms with van der Waals surface area (Å²) in [6.45, 7) is 9.06. The van der Waals surface area contributed by atoms with Crippen molar-refractivity contribution < 1.29 is 9.59 Å². The molecule has 0 aromatic carbocycles. The van der Waals surface area contributed by atoms with Crippen molar-refractivity contribution in [2.24, 2.45) is 0 Å². The van der Waals surface area contributed by atoms with E-state index < -0.39 is 0 Å². The highest BCUT2D eigenvalue weighted by atomic mass is 32.1. The van der Waals surface area contributed by atoms with Crippen LogP contribution < -0.4 is 0 Å². The molecule has 3 heterocycles. The quantitative estimate of drug-likeness (QED) is 0.791. The molecule has 128 valence electrons. The summed E-state index contributed by atoms with van der Waals surface area (Å²) in [6, 6.07) is 1.92. The summed E-state index contributed by atoms with van der Waals surface area (Å²) in [7, 11) is 0. The Morgan fingerprint density at radius 1 is 1.33 bits per heavy atom. The van der Waals surface area contributed by atoms with Crippen LogP contribution in [-0.2, 0) is 29.7 Å². The highest BCUT2D eigenvalue weighted by molar-refractivity contribution is 7.14. The smallest absolute Gasteiger partial charge is 0.219 e. The summed E-state index contributed by atoms with van der Waals surface area (Å²) >= 11 is 1.52. The fourth-order valence-electron chi connectivity index (χ4n) is 2.80. The maximum Gasteiger partial charge on any atom is 0.219 e. The lowest BCUT2D eigenvalue weighted by Gasteiger charge is -2.25. The first kappa shape index (κ1) is 16.8. The van der Waals surface area contributed by atoms with Crippen LogP contribution >= 0.6 is 11.3 Å². The van der Waals surface area contributed by atoms with Crippen LogP contribution in [0.2, 0.25) is 0 Å². The molecule has 0 fully saturated rings. The molecule has 0 spiro atoms. The molecule has 0 radical (unpaired) electrons. The first-order valence-corrected chi connectivity index (χ1v) is 8.74. The van der Waals surface area contributed by atoms with E-state index in [2.05, 4.69) is 15.5 Å². The van der Waals surface area contributed by atoms with Crippen molar-refractivity contribution >= 4 is 23.0 Å². The Bertz CT molecular complexity index is 787. The Morgan fingerprint density at radius 2 is 2.08 bits per heavy atom. The van der Waals surface area contributed by atoms with Crippen LogP contribution in [0.3, 0.4) is 0 Å². The molecule has 0 atom stereocenters. The zero-order chi connectivity index (χ0) is 17.5. The lowest BCUT2D eigenvalue weighted by molar-refractivity contribution is -0.129. The maximum atomic E-state index is 12.6. The average molecular weight is 347 g/mol. The van der Waals surface area contributed by atoms with E-state index in [1.807, 2.05) is 31.7 Å². The lowest BCUT2D eigenvalue weighted by Crippen LogP contribution is -2.33. The van der Waals surface area contributed by atoms with Crippen LogP contribution in [0.1, 0.15) is 53.6 Å². The van der Waals surface area contributed by atoms with Crippen molar-refractivity contribution in [1.29, 1.82) is 0 Å². The number of thiophene rings is 1. The molecule has 0 N–H and O–H groups in total. The SMILES string of the molecule is CC(=O)N1CCc2sc(C(=O)Cn3nnnc3C(C)(C)C)cc2C1. The number of hydrogen-bond donors (Lipinski definition) is 0. The predicted molar refractivity (Wildman–Crippen MR) is 90.0 cm³/mol. The van der Waals surface area contributed by atoms with Gasteiger partial charge in [-0.25, -0.2) is 4.68 Å². The minimum atomic E-state index is -0.222. The largest absolute Gasteiger partial charge is 0.338 e. The fourth-order valence-corrected chi connectivity index (χ4v) is 3.89. The third-order valence-electron chi connectivity index (χ3n) is 4.08. The van der Waals surface area contributed by atoms with E-state index in [0.717, 1.165) is 18.5 Å². The minimum absolute atomic E-state index is 0.00146. The molecule has 8 heteroatoms. The summed E-state index contributed by atoms with van der Waals surface area (Å²) in [5.74, 6) is 0.768. The van der Waals surface area contributed by atoms with Crippen LogP contribution in [0, 0.1) is 0 Å². The third kappa shape index (κ3) is 3.24. The molecule has 1 aliphatic heterocycles. The summed E-state index contributed by atoms with van der Waals surface area (Å²) in [5, 5.41) is 11.7. The van der Waals surface area contributed by atoms with Gasteiger partial charge in [0.05, 0.1) is 4.88 Å². The summed E-state index contributed by atoms with van der Waals surface area (Å²) in [4.78, 5) is 27.9. The third-order valence-corrected chi connectivity index (χ3v) is 5.36. The standard InChI is InChI=1S/C16H21N5O2S/c1-10(22)20-6-5-13-11(8-20)7-14(24-13)12(23)9-21-15(16(2,3)4)17-18-19-21/h7H,5-6,8-9H2,1-4H3. The van der Waals surface area contributed by atoms with Gasteiger partial charge in [0, 0.05) is 30.3 Å². The number of tetrazole rings is 1. The van der Waals surface area contributed by atoms with E-state index in [9.17, 15) is 9.59 Å². The van der Waals surface area contributed by atoms with Crippen molar-refractivity contribution in [3.8, 4) is 0 Å². The number of rotatable bonds is 3. The molecule has 2 aromatic heterocycles. The Hall–Kier alpha value is -2.09. The number of hydrogen-bond acceptors (Lipinski definition) is 6. The van der Waals surface area contributed by atoms with Crippen LogP contribution in [-0.4, -0.2) is 43.3 Å². The topological polar surface area (TPSA) is 81.0 Å². The van der Waals surface area contributed by atoms with Crippen molar-refractivity contribution in [2.45, 2.75) is 52.6 Å². The number of ketones is 1. The van der Waals surface area contributed by atoms with Gasteiger partial charge in [0.25, 0.3) is 0 Å². The molecule has 0 unspecified atom stereocenters. The van der Waals surface area contributed by atoms with Crippen LogP contribution in [0.5, 0.6) is 0 Å². The van der Waals surface area contributed by atoms with Crippen LogP contribution in [0.15, 0.2) is 6.07 Å². The Balaban J connectivity index is 1.78. The number of fused-ring (bicyclic) bond motifs is 1. The zero-order valence-corrected chi connectivity index (χ0v) is 15.2. The second-order valence-electron chi connectivity index (χ2n) is 7.08. The second kappa shape index (κ2) is 6.08. The van der Waals surface area contributed by atoms with E-state index in [1.165, 1.54) is 16.2 Å². The molecule has 3 rings (SSSR count). The first-order chi connectivity index (χ1) is 11.3. The number of carbonyl (C=O) groups is 2. The molecule has 1 aliphatic rings. The number of nitrogens with zero attached hydrogens (tertiary/aromatic N) is 5. The Kier molecular flexibility index (Phi) is 4.25. The van der Waals surface area contributed by atoms with Gasteiger partial charge in [-0.2, -0.15) is 0 Å². The molecule has 7 nitrogen and oxygen atoms in total. The van der Waals surface area contributed by atoms with Gasteiger partial charge < -0.3 is 4.90 Å². The van der Waals surface area contributed by atoms with Crippen LogP contribution in [0.4, 0.5) is 0 Å². The van der Waals surface area contributed by atoms with Crippen molar-refractivity contribution in [3.05, 3.63) is 27.2 Å². The number of amides is 1. The lowest BCUT2D eigenvalue weighted by atomic mass is 9.96. The first-order valence-electron chi connectivity index (χ1n) is 7.92. The van der Waals surface area contributed by atoms with Crippen molar-refractivity contribution in [2.75, 3.05) is 6.54 Å². The van der Waals surface area contributed by atoms with Gasteiger partial charge in [-0.15, -0.1) is 16.4 Å². The highest BCUT2D eigenvalue weighted by Crippen LogP contribution is 2.29. The maximum absolute atomic E-state index is 12.6. The van der Waals surface area contributed by atoms with Gasteiger partial charge in [0.2, 0.25) is 5.91 Å². The van der Waals surface area contributed by atoms with Gasteiger partial charge >= 0.3 is 0 Å². The van der Waals surface area contributed by atoms with E-state index in [1.54, 1.807) is 11.6 Å². The molecule has 0 aliphatic carbocycles.